The minimum absolute atomic E-state index is 0.253. The largest absolute Gasteiger partial charge is 0.496 e. The molecule has 1 aromatic rings. The molecule has 0 heterocycles. The van der Waals surface area contributed by atoms with Crippen molar-refractivity contribution < 1.29 is 19.4 Å². The Kier molecular flexibility index (Phi) is 4.31. The van der Waals surface area contributed by atoms with E-state index >= 15 is 0 Å². The van der Waals surface area contributed by atoms with Gasteiger partial charge in [-0.05, 0) is 19.9 Å². The van der Waals surface area contributed by atoms with E-state index in [1.165, 1.54) is 7.11 Å². The highest BCUT2D eigenvalue weighted by molar-refractivity contribution is 5.77. The minimum atomic E-state index is -1.31. The highest BCUT2D eigenvalue weighted by Crippen LogP contribution is 2.25. The molecule has 0 saturated heterocycles. The predicted molar refractivity (Wildman–Crippen MR) is 59.2 cm³/mol. The third kappa shape index (κ3) is 2.97. The normalized spacial score (nSPS) is 12.3. The number of ether oxygens (including phenoxy) is 2. The molecule has 0 radical (unpaired) electrons. The van der Waals surface area contributed by atoms with Crippen LogP contribution >= 0.6 is 0 Å². The number of para-hydroxylation sites is 1. The predicted octanol–water partition coefficient (Wildman–Crippen LogP) is 1.68. The van der Waals surface area contributed by atoms with Gasteiger partial charge in [0.05, 0.1) is 13.2 Å². The Morgan fingerprint density at radius 2 is 1.94 bits per heavy atom. The van der Waals surface area contributed by atoms with Crippen LogP contribution in [0.3, 0.4) is 0 Å². The molecule has 0 bridgehead atoms. The molecule has 0 aliphatic carbocycles. The number of rotatable bonds is 4. The summed E-state index contributed by atoms with van der Waals surface area (Å²) in [5.74, 6) is -0.199. The zero-order chi connectivity index (χ0) is 12.1. The van der Waals surface area contributed by atoms with Crippen molar-refractivity contribution in [2.24, 2.45) is 0 Å². The molecule has 0 saturated carbocycles. The first-order valence-electron chi connectivity index (χ1n) is 5.07. The van der Waals surface area contributed by atoms with Crippen molar-refractivity contribution >= 4 is 5.97 Å². The standard InChI is InChI=1S/C12H16O4/c1-8(2)16-12(14)11(13)9-6-4-5-7-10(9)15-3/h4-8,11,13H,1-3H3/t11-/m0/s1. The molecular formula is C12H16O4. The molecule has 0 aliphatic heterocycles. The van der Waals surface area contributed by atoms with E-state index in [9.17, 15) is 9.90 Å². The summed E-state index contributed by atoms with van der Waals surface area (Å²) in [6.45, 7) is 3.46. The van der Waals surface area contributed by atoms with E-state index in [1.54, 1.807) is 38.1 Å². The second-order valence-corrected chi connectivity index (χ2v) is 3.63. The van der Waals surface area contributed by atoms with E-state index in [1.807, 2.05) is 0 Å². The Labute approximate surface area is 94.8 Å². The van der Waals surface area contributed by atoms with Crippen LogP contribution in [0.1, 0.15) is 25.5 Å². The van der Waals surface area contributed by atoms with Gasteiger partial charge in [0.1, 0.15) is 5.75 Å². The Balaban J connectivity index is 2.87. The van der Waals surface area contributed by atoms with Gasteiger partial charge in [-0.1, -0.05) is 18.2 Å². The fraction of sp³-hybridized carbons (Fsp3) is 0.417. The minimum Gasteiger partial charge on any atom is -0.496 e. The molecule has 1 rings (SSSR count). The van der Waals surface area contributed by atoms with Gasteiger partial charge in [-0.25, -0.2) is 4.79 Å². The number of hydrogen-bond acceptors (Lipinski definition) is 4. The van der Waals surface area contributed by atoms with Crippen molar-refractivity contribution in [3.8, 4) is 5.75 Å². The maximum atomic E-state index is 11.5. The first kappa shape index (κ1) is 12.5. The van der Waals surface area contributed by atoms with Crippen LogP contribution in [0.25, 0.3) is 0 Å². The molecule has 0 fully saturated rings. The SMILES string of the molecule is COc1ccccc1[C@H](O)C(=O)OC(C)C. The van der Waals surface area contributed by atoms with Crippen LogP contribution in [-0.4, -0.2) is 24.3 Å². The molecular weight excluding hydrogens is 208 g/mol. The summed E-state index contributed by atoms with van der Waals surface area (Å²) in [5.41, 5.74) is 0.413. The fourth-order valence-electron chi connectivity index (χ4n) is 1.32. The van der Waals surface area contributed by atoms with E-state index in [0.717, 1.165) is 0 Å². The Bertz CT molecular complexity index is 360. The van der Waals surface area contributed by atoms with Gasteiger partial charge in [-0.15, -0.1) is 0 Å². The van der Waals surface area contributed by atoms with Gasteiger partial charge in [0, 0.05) is 5.56 Å². The Morgan fingerprint density at radius 3 is 2.50 bits per heavy atom. The second kappa shape index (κ2) is 5.51. The van der Waals surface area contributed by atoms with Crippen molar-refractivity contribution in [1.82, 2.24) is 0 Å². The Morgan fingerprint density at radius 1 is 1.31 bits per heavy atom. The van der Waals surface area contributed by atoms with Gasteiger partial charge in [-0.3, -0.25) is 0 Å². The van der Waals surface area contributed by atoms with Crippen LogP contribution < -0.4 is 4.74 Å². The molecule has 1 atom stereocenters. The number of aliphatic hydroxyl groups excluding tert-OH is 1. The molecule has 16 heavy (non-hydrogen) atoms. The number of aliphatic hydroxyl groups is 1. The molecule has 1 N–H and O–H groups in total. The lowest BCUT2D eigenvalue weighted by molar-refractivity contribution is -0.157. The average molecular weight is 224 g/mol. The van der Waals surface area contributed by atoms with E-state index in [2.05, 4.69) is 0 Å². The number of methoxy groups -OCH3 is 1. The van der Waals surface area contributed by atoms with E-state index in [4.69, 9.17) is 9.47 Å². The van der Waals surface area contributed by atoms with Gasteiger partial charge >= 0.3 is 5.97 Å². The van der Waals surface area contributed by atoms with Crippen LogP contribution in [-0.2, 0) is 9.53 Å². The van der Waals surface area contributed by atoms with Crippen molar-refractivity contribution in [3.05, 3.63) is 29.8 Å². The summed E-state index contributed by atoms with van der Waals surface area (Å²) in [6.07, 6.45) is -1.56. The average Bonchev–Trinajstić information content (AvgIpc) is 2.27. The zero-order valence-electron chi connectivity index (χ0n) is 9.64. The molecule has 1 aromatic carbocycles. The lowest BCUT2D eigenvalue weighted by atomic mass is 10.1. The van der Waals surface area contributed by atoms with Crippen molar-refractivity contribution in [1.29, 1.82) is 0 Å². The first-order chi connectivity index (χ1) is 7.56. The molecule has 88 valence electrons. The van der Waals surface area contributed by atoms with Gasteiger partial charge in [-0.2, -0.15) is 0 Å². The molecule has 0 spiro atoms. The first-order valence-corrected chi connectivity index (χ1v) is 5.07. The van der Waals surface area contributed by atoms with Gasteiger partial charge in [0.25, 0.3) is 0 Å². The van der Waals surface area contributed by atoms with Crippen LogP contribution in [0, 0.1) is 0 Å². The molecule has 0 amide bonds. The number of esters is 1. The van der Waals surface area contributed by atoms with Crippen LogP contribution in [0.2, 0.25) is 0 Å². The summed E-state index contributed by atoms with van der Waals surface area (Å²) >= 11 is 0. The molecule has 4 nitrogen and oxygen atoms in total. The van der Waals surface area contributed by atoms with E-state index in [0.29, 0.717) is 11.3 Å². The van der Waals surface area contributed by atoms with Crippen LogP contribution in [0.5, 0.6) is 5.75 Å². The summed E-state index contributed by atoms with van der Waals surface area (Å²) in [7, 11) is 1.49. The maximum Gasteiger partial charge on any atom is 0.340 e. The topological polar surface area (TPSA) is 55.8 Å². The monoisotopic (exact) mass is 224 g/mol. The van der Waals surface area contributed by atoms with Crippen LogP contribution in [0.15, 0.2) is 24.3 Å². The van der Waals surface area contributed by atoms with E-state index < -0.39 is 12.1 Å². The summed E-state index contributed by atoms with van der Waals surface area (Å²) in [6, 6.07) is 6.80. The lowest BCUT2D eigenvalue weighted by Crippen LogP contribution is -2.19. The number of carbonyl (C=O) groups is 1. The summed E-state index contributed by atoms with van der Waals surface area (Å²) in [4.78, 5) is 11.5. The van der Waals surface area contributed by atoms with Crippen molar-refractivity contribution in [3.63, 3.8) is 0 Å². The van der Waals surface area contributed by atoms with Crippen LogP contribution in [0.4, 0.5) is 0 Å². The maximum absolute atomic E-state index is 11.5. The van der Waals surface area contributed by atoms with Crippen molar-refractivity contribution in [2.75, 3.05) is 7.11 Å². The quantitative estimate of drug-likeness (QED) is 0.790. The number of carbonyl (C=O) groups excluding carboxylic acids is 1. The highest BCUT2D eigenvalue weighted by Gasteiger charge is 2.22. The van der Waals surface area contributed by atoms with E-state index in [-0.39, 0.29) is 6.10 Å². The summed E-state index contributed by atoms with van der Waals surface area (Å²) in [5, 5.41) is 9.80. The third-order valence-corrected chi connectivity index (χ3v) is 2.01. The molecule has 4 heteroatoms. The third-order valence-electron chi connectivity index (χ3n) is 2.01. The lowest BCUT2D eigenvalue weighted by Gasteiger charge is -2.15. The Hall–Kier alpha value is -1.55. The second-order valence-electron chi connectivity index (χ2n) is 3.63. The highest BCUT2D eigenvalue weighted by atomic mass is 16.6. The zero-order valence-corrected chi connectivity index (χ0v) is 9.64. The molecule has 0 unspecified atom stereocenters. The summed E-state index contributed by atoms with van der Waals surface area (Å²) < 4.78 is 9.98. The van der Waals surface area contributed by atoms with Gasteiger partial charge in [0.15, 0.2) is 6.10 Å². The van der Waals surface area contributed by atoms with Gasteiger partial charge < -0.3 is 14.6 Å². The van der Waals surface area contributed by atoms with Gasteiger partial charge in [0.2, 0.25) is 0 Å². The number of benzene rings is 1. The molecule has 0 aromatic heterocycles. The molecule has 0 aliphatic rings. The van der Waals surface area contributed by atoms with Crippen molar-refractivity contribution in [2.45, 2.75) is 26.1 Å². The number of hydrogen-bond donors (Lipinski definition) is 1. The smallest absolute Gasteiger partial charge is 0.340 e. The fourth-order valence-corrected chi connectivity index (χ4v) is 1.32.